The van der Waals surface area contributed by atoms with Gasteiger partial charge in [-0.1, -0.05) is 48.0 Å². The van der Waals surface area contributed by atoms with E-state index in [2.05, 4.69) is 16.0 Å². The molecule has 0 rings (SSSR count). The second-order valence-corrected chi connectivity index (χ2v) is 7.96. The van der Waals surface area contributed by atoms with Gasteiger partial charge in [0.2, 0.25) is 17.7 Å². The summed E-state index contributed by atoms with van der Waals surface area (Å²) in [6.07, 6.45) is 0.594. The van der Waals surface area contributed by atoms with Gasteiger partial charge in [-0.25, -0.2) is 4.79 Å². The maximum absolute atomic E-state index is 12.8. The van der Waals surface area contributed by atoms with Crippen molar-refractivity contribution >= 4 is 23.7 Å². The van der Waals surface area contributed by atoms with Gasteiger partial charge in [0.15, 0.2) is 0 Å². The zero-order valence-corrected chi connectivity index (χ0v) is 17.9. The van der Waals surface area contributed by atoms with Crippen LogP contribution in [0.5, 0.6) is 0 Å². The Balaban J connectivity index is 5.45. The predicted molar refractivity (Wildman–Crippen MR) is 106 cm³/mol. The molecule has 162 valence electrons. The zero-order chi connectivity index (χ0) is 22.2. The molecule has 0 heterocycles. The number of carboxylic acids is 1. The molecule has 6 N–H and O–H groups in total. The molecule has 5 unspecified atom stereocenters. The molecular weight excluding hydrogens is 364 g/mol. The Morgan fingerprint density at radius 2 is 1.14 bits per heavy atom. The third-order valence-electron chi connectivity index (χ3n) is 4.68. The summed E-state index contributed by atoms with van der Waals surface area (Å²) in [7, 11) is 0. The van der Waals surface area contributed by atoms with E-state index in [1.807, 2.05) is 6.92 Å². The molecule has 9 heteroatoms. The summed E-state index contributed by atoms with van der Waals surface area (Å²) in [6.45, 7) is 12.1. The van der Waals surface area contributed by atoms with Crippen LogP contribution in [0.25, 0.3) is 0 Å². The Hall–Kier alpha value is -2.16. The van der Waals surface area contributed by atoms with Gasteiger partial charge in [-0.2, -0.15) is 0 Å². The summed E-state index contributed by atoms with van der Waals surface area (Å²) < 4.78 is 0. The van der Waals surface area contributed by atoms with Crippen molar-refractivity contribution in [2.75, 3.05) is 0 Å². The van der Waals surface area contributed by atoms with Crippen LogP contribution in [0.3, 0.4) is 0 Å². The lowest BCUT2D eigenvalue weighted by molar-refractivity contribution is -0.144. The fourth-order valence-corrected chi connectivity index (χ4v) is 2.52. The summed E-state index contributed by atoms with van der Waals surface area (Å²) in [5.74, 6) is -3.46. The van der Waals surface area contributed by atoms with Gasteiger partial charge in [0.1, 0.15) is 18.1 Å². The van der Waals surface area contributed by atoms with E-state index in [1.54, 1.807) is 34.6 Å². The van der Waals surface area contributed by atoms with E-state index in [0.29, 0.717) is 6.42 Å². The molecular formula is C19H36N4O5. The van der Waals surface area contributed by atoms with Gasteiger partial charge in [0.25, 0.3) is 0 Å². The normalized spacial score (nSPS) is 16.6. The first-order valence-corrected chi connectivity index (χ1v) is 9.72. The Kier molecular flexibility index (Phi) is 10.7. The fraction of sp³-hybridized carbons (Fsp3) is 0.789. The molecule has 0 radical (unpaired) electrons. The van der Waals surface area contributed by atoms with E-state index in [1.165, 1.54) is 6.92 Å². The van der Waals surface area contributed by atoms with Crippen LogP contribution in [-0.2, 0) is 19.2 Å². The topological polar surface area (TPSA) is 151 Å². The highest BCUT2D eigenvalue weighted by Gasteiger charge is 2.34. The standard InChI is InChI=1S/C19H36N4O5/c1-8-11(6)15(18(26)22-14(10(4)5)19(27)28)23-17(25)13(9(2)3)21-16(24)12(7)20/h9-15H,8,20H2,1-7H3,(H,21,24)(H,22,26)(H,23,25)(H,27,28). The zero-order valence-electron chi connectivity index (χ0n) is 17.9. The summed E-state index contributed by atoms with van der Waals surface area (Å²) >= 11 is 0. The number of hydrogen-bond acceptors (Lipinski definition) is 5. The Morgan fingerprint density at radius 3 is 1.50 bits per heavy atom. The quantitative estimate of drug-likeness (QED) is 0.335. The van der Waals surface area contributed by atoms with Crippen molar-refractivity contribution in [3.05, 3.63) is 0 Å². The first-order valence-electron chi connectivity index (χ1n) is 9.72. The number of hydrogen-bond donors (Lipinski definition) is 5. The molecule has 0 aliphatic carbocycles. The van der Waals surface area contributed by atoms with Crippen LogP contribution in [-0.4, -0.2) is 53.0 Å². The number of nitrogens with two attached hydrogens (primary N) is 1. The SMILES string of the molecule is CCC(C)C(NC(=O)C(NC(=O)C(C)N)C(C)C)C(=O)NC(C(=O)O)C(C)C. The van der Waals surface area contributed by atoms with E-state index in [4.69, 9.17) is 5.73 Å². The van der Waals surface area contributed by atoms with Gasteiger partial charge in [-0.3, -0.25) is 14.4 Å². The summed E-state index contributed by atoms with van der Waals surface area (Å²) in [5.41, 5.74) is 5.55. The second kappa shape index (κ2) is 11.6. The van der Waals surface area contributed by atoms with Crippen LogP contribution in [0, 0.1) is 17.8 Å². The highest BCUT2D eigenvalue weighted by atomic mass is 16.4. The van der Waals surface area contributed by atoms with Crippen molar-refractivity contribution in [2.45, 2.75) is 79.1 Å². The molecule has 3 amide bonds. The lowest BCUT2D eigenvalue weighted by Crippen LogP contribution is -2.60. The molecule has 0 saturated heterocycles. The predicted octanol–water partition coefficient (Wildman–Crippen LogP) is 0.231. The highest BCUT2D eigenvalue weighted by Crippen LogP contribution is 2.12. The Bertz CT molecular complexity index is 563. The largest absolute Gasteiger partial charge is 0.480 e. The average Bonchev–Trinajstić information content (AvgIpc) is 2.59. The first-order chi connectivity index (χ1) is 12.8. The minimum Gasteiger partial charge on any atom is -0.480 e. The highest BCUT2D eigenvalue weighted by molar-refractivity contribution is 5.94. The number of amides is 3. The molecule has 0 bridgehead atoms. The van der Waals surface area contributed by atoms with Crippen LogP contribution >= 0.6 is 0 Å². The van der Waals surface area contributed by atoms with Gasteiger partial charge >= 0.3 is 5.97 Å². The summed E-state index contributed by atoms with van der Waals surface area (Å²) in [4.78, 5) is 48.8. The molecule has 0 aromatic heterocycles. The fourth-order valence-electron chi connectivity index (χ4n) is 2.52. The van der Waals surface area contributed by atoms with Gasteiger partial charge in [0, 0.05) is 0 Å². The molecule has 9 nitrogen and oxygen atoms in total. The Labute approximate surface area is 167 Å². The minimum atomic E-state index is -1.14. The van der Waals surface area contributed by atoms with E-state index in [9.17, 15) is 24.3 Å². The maximum atomic E-state index is 12.8. The number of carbonyl (C=O) groups is 4. The third-order valence-corrected chi connectivity index (χ3v) is 4.68. The van der Waals surface area contributed by atoms with Crippen molar-refractivity contribution in [1.29, 1.82) is 0 Å². The van der Waals surface area contributed by atoms with E-state index < -0.39 is 47.9 Å². The van der Waals surface area contributed by atoms with Crippen molar-refractivity contribution in [2.24, 2.45) is 23.5 Å². The molecule has 5 atom stereocenters. The molecule has 0 aliphatic rings. The lowest BCUT2D eigenvalue weighted by atomic mass is 9.95. The first kappa shape index (κ1) is 25.8. The van der Waals surface area contributed by atoms with Gasteiger partial charge < -0.3 is 26.8 Å². The van der Waals surface area contributed by atoms with Gasteiger partial charge in [0.05, 0.1) is 6.04 Å². The lowest BCUT2D eigenvalue weighted by Gasteiger charge is -2.29. The van der Waals surface area contributed by atoms with E-state index in [0.717, 1.165) is 0 Å². The monoisotopic (exact) mass is 400 g/mol. The van der Waals surface area contributed by atoms with Gasteiger partial charge in [-0.05, 0) is 24.7 Å². The summed E-state index contributed by atoms with van der Waals surface area (Å²) in [5, 5.41) is 17.1. The van der Waals surface area contributed by atoms with Crippen molar-refractivity contribution < 1.29 is 24.3 Å². The van der Waals surface area contributed by atoms with Crippen LogP contribution in [0.1, 0.15) is 54.9 Å². The molecule has 0 aliphatic heterocycles. The van der Waals surface area contributed by atoms with Crippen molar-refractivity contribution in [3.8, 4) is 0 Å². The number of carboxylic acid groups (broad SMARTS) is 1. The van der Waals surface area contributed by atoms with Crippen molar-refractivity contribution in [3.63, 3.8) is 0 Å². The number of nitrogens with one attached hydrogen (secondary N) is 3. The maximum Gasteiger partial charge on any atom is 0.326 e. The minimum absolute atomic E-state index is 0.231. The smallest absolute Gasteiger partial charge is 0.326 e. The van der Waals surface area contributed by atoms with Crippen LogP contribution in [0.4, 0.5) is 0 Å². The van der Waals surface area contributed by atoms with Gasteiger partial charge in [-0.15, -0.1) is 0 Å². The van der Waals surface area contributed by atoms with E-state index >= 15 is 0 Å². The molecule has 0 spiro atoms. The van der Waals surface area contributed by atoms with Crippen molar-refractivity contribution in [1.82, 2.24) is 16.0 Å². The Morgan fingerprint density at radius 1 is 0.750 bits per heavy atom. The molecule has 0 saturated carbocycles. The van der Waals surface area contributed by atoms with Crippen LogP contribution in [0.15, 0.2) is 0 Å². The molecule has 0 fully saturated rings. The van der Waals surface area contributed by atoms with Crippen LogP contribution in [0.2, 0.25) is 0 Å². The molecule has 0 aromatic rings. The third kappa shape index (κ3) is 7.84. The average molecular weight is 401 g/mol. The van der Waals surface area contributed by atoms with Crippen LogP contribution < -0.4 is 21.7 Å². The number of rotatable bonds is 11. The summed E-state index contributed by atoms with van der Waals surface area (Å²) in [6, 6.07) is -3.62. The second-order valence-electron chi connectivity index (χ2n) is 7.96. The van der Waals surface area contributed by atoms with E-state index in [-0.39, 0.29) is 17.8 Å². The molecule has 0 aromatic carbocycles. The molecule has 28 heavy (non-hydrogen) atoms. The number of aliphatic carboxylic acids is 1. The number of carbonyl (C=O) groups excluding carboxylic acids is 3.